The van der Waals surface area contributed by atoms with Crippen LogP contribution in [0.1, 0.15) is 46.9 Å². The van der Waals surface area contributed by atoms with E-state index in [1.54, 1.807) is 0 Å². The van der Waals surface area contributed by atoms with Crippen molar-refractivity contribution in [3.63, 3.8) is 0 Å². The highest BCUT2D eigenvalue weighted by molar-refractivity contribution is 5.73. The molecule has 0 saturated carbocycles. The van der Waals surface area contributed by atoms with Gasteiger partial charge in [-0.15, -0.1) is 0 Å². The molecule has 0 amide bonds. The van der Waals surface area contributed by atoms with Crippen LogP contribution in [-0.2, 0) is 0 Å². The van der Waals surface area contributed by atoms with Gasteiger partial charge in [-0.25, -0.2) is 9.97 Å². The lowest BCUT2D eigenvalue weighted by Gasteiger charge is -2.28. The minimum absolute atomic E-state index is 0.593. The second kappa shape index (κ2) is 12.5. The highest BCUT2D eigenvalue weighted by Gasteiger charge is 2.15. The minimum Gasteiger partial charge on any atom is -0.311 e. The van der Waals surface area contributed by atoms with Gasteiger partial charge in [0.2, 0.25) is 0 Å². The summed E-state index contributed by atoms with van der Waals surface area (Å²) in [6.07, 6.45) is 11.6. The quantitative estimate of drug-likeness (QED) is 0.432. The lowest BCUT2D eigenvalue weighted by molar-refractivity contribution is 0.728. The van der Waals surface area contributed by atoms with Gasteiger partial charge in [0.05, 0.1) is 0 Å². The lowest BCUT2D eigenvalue weighted by atomic mass is 10.00. The minimum atomic E-state index is 0.593. The van der Waals surface area contributed by atoms with E-state index >= 15 is 0 Å². The zero-order valence-corrected chi connectivity index (χ0v) is 19.7. The van der Waals surface area contributed by atoms with E-state index in [9.17, 15) is 0 Å². The average molecular weight is 414 g/mol. The molecule has 1 aliphatic rings. The van der Waals surface area contributed by atoms with Gasteiger partial charge >= 0.3 is 0 Å². The normalized spacial score (nSPS) is 14.4. The van der Waals surface area contributed by atoms with E-state index in [1.165, 1.54) is 5.70 Å². The summed E-state index contributed by atoms with van der Waals surface area (Å²) in [4.78, 5) is 10.9. The van der Waals surface area contributed by atoms with Crippen LogP contribution in [-0.4, -0.2) is 9.97 Å². The van der Waals surface area contributed by atoms with Crippen LogP contribution in [0, 0.1) is 12.8 Å². The van der Waals surface area contributed by atoms with Crippen molar-refractivity contribution >= 4 is 11.4 Å². The lowest BCUT2D eigenvalue weighted by Crippen LogP contribution is -2.17. The third-order valence-corrected chi connectivity index (χ3v) is 4.81. The van der Waals surface area contributed by atoms with E-state index in [2.05, 4.69) is 94.6 Å². The van der Waals surface area contributed by atoms with Crippen LogP contribution in [0.25, 0.3) is 11.1 Å². The first-order valence-electron chi connectivity index (χ1n) is 11.3. The number of hydrogen-bond acceptors (Lipinski definition) is 3. The Bertz CT molecular complexity index is 955. The molecule has 1 atom stereocenters. The van der Waals surface area contributed by atoms with E-state index in [1.807, 2.05) is 47.0 Å². The highest BCUT2D eigenvalue weighted by Crippen LogP contribution is 2.33. The van der Waals surface area contributed by atoms with Gasteiger partial charge < -0.3 is 4.90 Å². The molecule has 162 valence electrons. The van der Waals surface area contributed by atoms with Gasteiger partial charge in [-0.2, -0.15) is 0 Å². The Balaban J connectivity index is 0.000000807. The second-order valence-corrected chi connectivity index (χ2v) is 6.94. The number of nitrogens with zero attached hydrogens (tertiary/aromatic N) is 3. The monoisotopic (exact) mass is 413 g/mol. The molecule has 2 aromatic carbocycles. The molecular weight excluding hydrogens is 378 g/mol. The smallest absolute Gasteiger partial charge is 0.125 e. The summed E-state index contributed by atoms with van der Waals surface area (Å²) >= 11 is 0. The third-order valence-electron chi connectivity index (χ3n) is 4.81. The number of hydrogen-bond donors (Lipinski definition) is 0. The van der Waals surface area contributed by atoms with E-state index in [0.717, 1.165) is 34.7 Å². The fraction of sp³-hybridized carbons (Fsp3) is 0.286. The van der Waals surface area contributed by atoms with Crippen molar-refractivity contribution in [1.82, 2.24) is 9.97 Å². The van der Waals surface area contributed by atoms with Crippen molar-refractivity contribution in [2.45, 2.75) is 48.0 Å². The van der Waals surface area contributed by atoms with Crippen LogP contribution in [0.4, 0.5) is 11.4 Å². The summed E-state index contributed by atoms with van der Waals surface area (Å²) in [5.41, 5.74) is 5.67. The molecule has 1 heterocycles. The number of aromatic nitrogens is 2. The molecule has 3 nitrogen and oxygen atoms in total. The molecule has 1 aromatic heterocycles. The Morgan fingerprint density at radius 2 is 1.35 bits per heavy atom. The Morgan fingerprint density at radius 1 is 0.774 bits per heavy atom. The predicted octanol–water partition coefficient (Wildman–Crippen LogP) is 8.12. The van der Waals surface area contributed by atoms with Gasteiger partial charge in [0.1, 0.15) is 5.82 Å². The maximum atomic E-state index is 4.30. The first-order chi connectivity index (χ1) is 15.2. The Kier molecular flexibility index (Phi) is 9.70. The van der Waals surface area contributed by atoms with Crippen molar-refractivity contribution in [2.75, 3.05) is 4.90 Å². The van der Waals surface area contributed by atoms with E-state index in [0.29, 0.717) is 5.92 Å². The van der Waals surface area contributed by atoms with Crippen LogP contribution in [0.2, 0.25) is 0 Å². The summed E-state index contributed by atoms with van der Waals surface area (Å²) in [5, 5.41) is 0. The van der Waals surface area contributed by atoms with Crippen molar-refractivity contribution in [3.8, 4) is 11.1 Å². The van der Waals surface area contributed by atoms with Crippen LogP contribution in [0.5, 0.6) is 0 Å². The topological polar surface area (TPSA) is 29.0 Å². The van der Waals surface area contributed by atoms with Crippen LogP contribution >= 0.6 is 0 Å². The van der Waals surface area contributed by atoms with Crippen LogP contribution < -0.4 is 4.90 Å². The van der Waals surface area contributed by atoms with Gasteiger partial charge in [-0.1, -0.05) is 77.1 Å². The molecule has 31 heavy (non-hydrogen) atoms. The van der Waals surface area contributed by atoms with Crippen LogP contribution in [0.3, 0.4) is 0 Å². The van der Waals surface area contributed by atoms with Crippen LogP contribution in [0.15, 0.2) is 90.9 Å². The maximum absolute atomic E-state index is 4.30. The maximum Gasteiger partial charge on any atom is 0.125 e. The van der Waals surface area contributed by atoms with Gasteiger partial charge in [0, 0.05) is 35.0 Å². The molecule has 3 heteroatoms. The number of aryl methyl sites for hydroxylation is 1. The number of para-hydroxylation sites is 1. The van der Waals surface area contributed by atoms with Crippen molar-refractivity contribution in [3.05, 3.63) is 96.7 Å². The Hall–Kier alpha value is -3.20. The van der Waals surface area contributed by atoms with E-state index in [-0.39, 0.29) is 0 Å². The molecule has 3 aromatic rings. The molecule has 1 unspecified atom stereocenters. The van der Waals surface area contributed by atoms with Gasteiger partial charge in [0.15, 0.2) is 0 Å². The summed E-state index contributed by atoms with van der Waals surface area (Å²) in [6.45, 7) is 12.1. The molecule has 1 aliphatic carbocycles. The summed E-state index contributed by atoms with van der Waals surface area (Å²) in [7, 11) is 0. The highest BCUT2D eigenvalue weighted by atomic mass is 15.1. The molecule has 0 radical (unpaired) electrons. The van der Waals surface area contributed by atoms with E-state index < -0.39 is 0 Å². The molecule has 0 fully saturated rings. The molecule has 0 spiro atoms. The SMILES string of the molecule is CC.CC.Cc1ncc(-c2ccc(N(C3=CCC(C)C=C3)c3ccccc3)cc2)cn1. The van der Waals surface area contributed by atoms with Gasteiger partial charge in [0.25, 0.3) is 0 Å². The van der Waals surface area contributed by atoms with Gasteiger partial charge in [-0.3, -0.25) is 0 Å². The van der Waals surface area contributed by atoms with Crippen molar-refractivity contribution in [1.29, 1.82) is 0 Å². The average Bonchev–Trinajstić information content (AvgIpc) is 2.85. The first-order valence-corrected chi connectivity index (χ1v) is 11.3. The third kappa shape index (κ3) is 6.39. The largest absolute Gasteiger partial charge is 0.311 e. The molecule has 0 bridgehead atoms. The molecular formula is C28H35N3. The Labute approximate surface area is 188 Å². The second-order valence-electron chi connectivity index (χ2n) is 6.94. The Morgan fingerprint density at radius 3 is 1.90 bits per heavy atom. The van der Waals surface area contributed by atoms with E-state index in [4.69, 9.17) is 0 Å². The standard InChI is InChI=1S/C24H23N3.2C2H6/c1-18-8-12-23(13-9-18)27(22-6-4-3-5-7-22)24-14-10-20(11-15-24)21-16-25-19(2)26-17-21;2*1-2/h3-8,10-18H,9H2,1-2H3;2*1-2H3. The fourth-order valence-corrected chi connectivity index (χ4v) is 3.25. The summed E-state index contributed by atoms with van der Waals surface area (Å²) in [5.74, 6) is 1.38. The number of allylic oxidation sites excluding steroid dienone is 3. The summed E-state index contributed by atoms with van der Waals surface area (Å²) in [6, 6.07) is 19.1. The first kappa shape index (κ1) is 24.1. The number of benzene rings is 2. The fourth-order valence-electron chi connectivity index (χ4n) is 3.25. The molecule has 0 saturated heterocycles. The van der Waals surface area contributed by atoms with Gasteiger partial charge in [-0.05, 0) is 55.2 Å². The number of rotatable bonds is 4. The van der Waals surface area contributed by atoms with Crippen molar-refractivity contribution < 1.29 is 0 Å². The zero-order valence-electron chi connectivity index (χ0n) is 19.7. The number of anilines is 2. The zero-order chi connectivity index (χ0) is 22.6. The summed E-state index contributed by atoms with van der Waals surface area (Å²) < 4.78 is 0. The van der Waals surface area contributed by atoms with Crippen molar-refractivity contribution in [2.24, 2.45) is 5.92 Å². The molecule has 0 aliphatic heterocycles. The molecule has 0 N–H and O–H groups in total. The predicted molar refractivity (Wildman–Crippen MR) is 134 cm³/mol. The molecule has 4 rings (SSSR count).